The van der Waals surface area contributed by atoms with Crippen molar-refractivity contribution in [3.8, 4) is 0 Å². The molecule has 0 spiro atoms. The van der Waals surface area contributed by atoms with Crippen LogP contribution in [-0.4, -0.2) is 78.3 Å². The summed E-state index contributed by atoms with van der Waals surface area (Å²) in [6, 6.07) is 0. The minimum Gasteiger partial charge on any atom is 0 e. The first-order chi connectivity index (χ1) is 0. The van der Waals surface area contributed by atoms with Gasteiger partial charge in [-0.2, -0.15) is 0 Å². The van der Waals surface area contributed by atoms with Crippen LogP contribution in [0.3, 0.4) is 0 Å². The maximum atomic E-state index is 0. The molecule has 0 fully saturated rings. The fourth-order valence-electron chi connectivity index (χ4n) is 0. The van der Waals surface area contributed by atoms with E-state index in [0.29, 0.717) is 0 Å². The molecule has 0 amide bonds. The van der Waals surface area contributed by atoms with Gasteiger partial charge in [0, 0.05) is 20.9 Å². The standard InChI is InChI=1S/Ca.Na.P.Si.3H. The molecule has 15 valence electrons. The van der Waals surface area contributed by atoms with Gasteiger partial charge >= 0.3 is 67.3 Å². The molecule has 0 unspecified atom stereocenters. The Hall–Kier alpha value is 2.91. The Bertz CT molecular complexity index is 8.00. The Kier molecular flexibility index (Phi) is 120. The molecule has 0 bridgehead atoms. The molecule has 0 nitrogen and oxygen atoms in total. The van der Waals surface area contributed by atoms with Crippen LogP contribution in [0.4, 0.5) is 0 Å². The summed E-state index contributed by atoms with van der Waals surface area (Å²) >= 11 is 0. The first kappa shape index (κ1) is 28.5. The molecule has 0 aromatic rings. The fraction of sp³-hybridized carbons (Fsp3) is 0. The SMILES string of the molecule is [CaH2].[NaH].[P].[Si]. The van der Waals surface area contributed by atoms with Crippen molar-refractivity contribution in [3.63, 3.8) is 0 Å². The van der Waals surface area contributed by atoms with Crippen LogP contribution in [0.2, 0.25) is 0 Å². The Balaban J connectivity index is 0. The summed E-state index contributed by atoms with van der Waals surface area (Å²) in [4.78, 5) is 0. The number of hydrogen-bond acceptors (Lipinski definition) is 0. The molecule has 4 heteroatoms. The van der Waals surface area contributed by atoms with Crippen LogP contribution >= 0.6 is 9.90 Å². The minimum absolute atomic E-state index is 0. The van der Waals surface area contributed by atoms with E-state index in [-0.39, 0.29) is 88.2 Å². The van der Waals surface area contributed by atoms with Gasteiger partial charge in [-0.3, -0.25) is 0 Å². The van der Waals surface area contributed by atoms with Crippen molar-refractivity contribution >= 4 is 88.2 Å². The second kappa shape index (κ2) is 16.8. The van der Waals surface area contributed by atoms with Gasteiger partial charge in [0.25, 0.3) is 0 Å². The molecule has 0 heterocycles. The van der Waals surface area contributed by atoms with Gasteiger partial charge in [-0.1, -0.05) is 0 Å². The zero-order chi connectivity index (χ0) is 0. The molecule has 0 aromatic carbocycles. The third-order valence-corrected chi connectivity index (χ3v) is 0. The van der Waals surface area contributed by atoms with Crippen LogP contribution in [0, 0.1) is 0 Å². The third kappa shape index (κ3) is 8.86. The van der Waals surface area contributed by atoms with Crippen LogP contribution in [0.25, 0.3) is 0 Å². The van der Waals surface area contributed by atoms with Crippen molar-refractivity contribution in [1.82, 2.24) is 0 Å². The first-order valence-electron chi connectivity index (χ1n) is 0. The first-order valence-corrected chi connectivity index (χ1v) is 0. The smallest absolute Gasteiger partial charge is 0 e. The second-order valence-corrected chi connectivity index (χ2v) is 0. The Morgan fingerprint density at radius 2 is 1.00 bits per heavy atom. The average molecular weight is 125 g/mol. The summed E-state index contributed by atoms with van der Waals surface area (Å²) in [6.45, 7) is 0. The zero-order valence-electron chi connectivity index (χ0n) is 0.947. The van der Waals surface area contributed by atoms with Crippen molar-refractivity contribution in [2.45, 2.75) is 0 Å². The molecule has 0 atom stereocenters. The van der Waals surface area contributed by atoms with Gasteiger partial charge < -0.3 is 0 Å². The van der Waals surface area contributed by atoms with Crippen molar-refractivity contribution in [1.29, 1.82) is 0 Å². The van der Waals surface area contributed by atoms with E-state index >= 15 is 0 Å². The van der Waals surface area contributed by atoms with Gasteiger partial charge in [-0.15, -0.1) is 0 Å². The normalized spacial score (nSPS) is 0. The molecule has 0 rings (SSSR count). The maximum Gasteiger partial charge on any atom is 0 e. The maximum absolute atomic E-state index is 0. The second-order valence-electron chi connectivity index (χ2n) is 0. The molecule has 4 heavy (non-hydrogen) atoms. The monoisotopic (exact) mass is 125 g/mol. The van der Waals surface area contributed by atoms with Crippen LogP contribution in [0.1, 0.15) is 0 Å². The predicted molar refractivity (Wildman–Crippen MR) is 28.4 cm³/mol. The summed E-state index contributed by atoms with van der Waals surface area (Å²) in [5.41, 5.74) is 0. The quantitative estimate of drug-likeness (QED) is 0.285. The van der Waals surface area contributed by atoms with E-state index < -0.39 is 0 Å². The van der Waals surface area contributed by atoms with Crippen molar-refractivity contribution in [2.75, 3.05) is 0 Å². The Morgan fingerprint density at radius 3 is 1.00 bits per heavy atom. The molecule has 0 saturated carbocycles. The summed E-state index contributed by atoms with van der Waals surface area (Å²) in [5, 5.41) is 0. The van der Waals surface area contributed by atoms with Crippen molar-refractivity contribution in [3.05, 3.63) is 0 Å². The van der Waals surface area contributed by atoms with Gasteiger partial charge in [-0.25, -0.2) is 0 Å². The van der Waals surface area contributed by atoms with Crippen molar-refractivity contribution < 1.29 is 0 Å². The summed E-state index contributed by atoms with van der Waals surface area (Å²) in [5.74, 6) is 0. The molecule has 0 N–H and O–H groups in total. The Morgan fingerprint density at radius 1 is 1.00 bits per heavy atom. The van der Waals surface area contributed by atoms with E-state index in [1.165, 1.54) is 0 Å². The molecule has 0 saturated heterocycles. The van der Waals surface area contributed by atoms with Gasteiger partial charge in [-0.05, 0) is 0 Å². The molecule has 0 aromatic heterocycles. The minimum atomic E-state index is 0. The van der Waals surface area contributed by atoms with Gasteiger partial charge in [0.2, 0.25) is 0 Å². The molecule has 0 aliphatic carbocycles. The van der Waals surface area contributed by atoms with Crippen LogP contribution in [0.5, 0.6) is 0 Å². The van der Waals surface area contributed by atoms with E-state index in [4.69, 9.17) is 0 Å². The topological polar surface area (TPSA) is 0 Å². The predicted octanol–water partition coefficient (Wildman–Crippen LogP) is -1.08. The van der Waals surface area contributed by atoms with Gasteiger partial charge in [0.05, 0.1) is 0 Å². The summed E-state index contributed by atoms with van der Waals surface area (Å²) in [6.07, 6.45) is 0. The number of hydrogen-bond donors (Lipinski definition) is 0. The van der Waals surface area contributed by atoms with Gasteiger partial charge in [0.1, 0.15) is 0 Å². The molecule has 0 aliphatic heterocycles. The van der Waals surface area contributed by atoms with Crippen molar-refractivity contribution in [2.24, 2.45) is 0 Å². The largest absolute Gasteiger partial charge is 0 e. The fourth-order valence-corrected chi connectivity index (χ4v) is 0. The zero-order valence-corrected chi connectivity index (χ0v) is 2.84. The van der Waals surface area contributed by atoms with Crippen LogP contribution in [-0.2, 0) is 0 Å². The van der Waals surface area contributed by atoms with E-state index in [0.717, 1.165) is 0 Å². The van der Waals surface area contributed by atoms with E-state index in [1.54, 1.807) is 0 Å². The van der Waals surface area contributed by atoms with E-state index in [2.05, 4.69) is 0 Å². The summed E-state index contributed by atoms with van der Waals surface area (Å²) in [7, 11) is 0. The molecular formula is H3CaNaPSi. The van der Waals surface area contributed by atoms with Crippen LogP contribution < -0.4 is 0 Å². The number of rotatable bonds is 0. The van der Waals surface area contributed by atoms with Gasteiger partial charge in [0.15, 0.2) is 0 Å². The third-order valence-electron chi connectivity index (χ3n) is 0. The summed E-state index contributed by atoms with van der Waals surface area (Å²) < 4.78 is 0. The van der Waals surface area contributed by atoms with Crippen LogP contribution in [0.15, 0.2) is 0 Å². The average Bonchev–Trinajstić information content (AvgIpc) is 0. The molecule has 0 aliphatic rings. The van der Waals surface area contributed by atoms with E-state index in [1.807, 2.05) is 0 Å². The Labute approximate surface area is 86.4 Å². The van der Waals surface area contributed by atoms with E-state index in [9.17, 15) is 0 Å². The molecular weight excluding hydrogens is 122 g/mol. The molecule has 7 radical (unpaired) electrons.